The second-order valence-corrected chi connectivity index (χ2v) is 11.9. The zero-order valence-electron chi connectivity index (χ0n) is 22.2. The Bertz CT molecular complexity index is 1790. The monoisotopic (exact) mass is 626 g/mol. The number of rotatable bonds is 6. The summed E-state index contributed by atoms with van der Waals surface area (Å²) in [7, 11) is 1.50. The Hall–Kier alpha value is -4.43. The van der Waals surface area contributed by atoms with Gasteiger partial charge in [0, 0.05) is 23.2 Å². The number of amides is 3. The average Bonchev–Trinajstić information content (AvgIpc) is 3.43. The molecule has 3 atom stereocenters. The Kier molecular flexibility index (Phi) is 7.34. The maximum atomic E-state index is 13.9. The average molecular weight is 627 g/mol. The number of carbonyl (C=O) groups excluding carboxylic acids is 3. The molecule has 2 aliphatic heterocycles. The lowest BCUT2D eigenvalue weighted by Crippen LogP contribution is -2.33. The van der Waals surface area contributed by atoms with Crippen molar-refractivity contribution in [1.29, 1.82) is 0 Å². The predicted octanol–water partition coefficient (Wildman–Crippen LogP) is 4.77. The molecule has 0 spiro atoms. The standard InChI is InChI=1S/C29H21F3N4O5S2/c1-41-17-10-8-16(9-11-17)36-25(38)22-21(15-5-4-12-33-13-15)24-27(42-23(22)26(36)39)35(28(40)43-24)14-20(37)34-19-7-3-2-6-18(19)29(30,31)32/h2-13,21-23H,14H2,1H3,(H,34,37). The molecule has 43 heavy (non-hydrogen) atoms. The minimum atomic E-state index is -4.70. The van der Waals surface area contributed by atoms with Crippen LogP contribution in [0.5, 0.6) is 5.75 Å². The Morgan fingerprint density at radius 2 is 1.77 bits per heavy atom. The van der Waals surface area contributed by atoms with Crippen LogP contribution in [0.3, 0.4) is 0 Å². The van der Waals surface area contributed by atoms with E-state index in [1.54, 1.807) is 48.8 Å². The molecule has 4 aromatic rings. The minimum Gasteiger partial charge on any atom is -0.497 e. The topological polar surface area (TPSA) is 111 Å². The first-order valence-corrected chi connectivity index (χ1v) is 14.6. The fraction of sp³-hybridized carbons (Fsp3) is 0.207. The molecule has 3 unspecified atom stereocenters. The van der Waals surface area contributed by atoms with E-state index < -0.39 is 63.7 Å². The quantitative estimate of drug-likeness (QED) is 0.307. The molecule has 4 heterocycles. The molecular weight excluding hydrogens is 605 g/mol. The van der Waals surface area contributed by atoms with Crippen LogP contribution in [0, 0.1) is 5.92 Å². The van der Waals surface area contributed by atoms with Gasteiger partial charge in [0.15, 0.2) is 0 Å². The predicted molar refractivity (Wildman–Crippen MR) is 153 cm³/mol. The van der Waals surface area contributed by atoms with Crippen LogP contribution in [0.1, 0.15) is 21.9 Å². The van der Waals surface area contributed by atoms with Crippen molar-refractivity contribution in [3.05, 3.63) is 98.7 Å². The minimum absolute atomic E-state index is 0.307. The highest BCUT2D eigenvalue weighted by atomic mass is 32.2. The summed E-state index contributed by atoms with van der Waals surface area (Å²) in [5.74, 6) is -2.82. The van der Waals surface area contributed by atoms with Gasteiger partial charge in [-0.15, -0.1) is 0 Å². The molecule has 2 aliphatic rings. The van der Waals surface area contributed by atoms with E-state index in [1.165, 1.54) is 19.2 Å². The van der Waals surface area contributed by atoms with E-state index >= 15 is 0 Å². The Morgan fingerprint density at radius 3 is 2.44 bits per heavy atom. The molecule has 2 aromatic carbocycles. The van der Waals surface area contributed by atoms with Gasteiger partial charge < -0.3 is 10.1 Å². The summed E-state index contributed by atoms with van der Waals surface area (Å²) >= 11 is 1.83. The van der Waals surface area contributed by atoms with Crippen molar-refractivity contribution in [3.8, 4) is 5.75 Å². The first kappa shape index (κ1) is 28.7. The molecule has 2 aromatic heterocycles. The fourth-order valence-electron chi connectivity index (χ4n) is 5.33. The molecule has 1 saturated heterocycles. The van der Waals surface area contributed by atoms with E-state index in [9.17, 15) is 32.3 Å². The van der Waals surface area contributed by atoms with E-state index in [1.807, 2.05) is 0 Å². The zero-order chi connectivity index (χ0) is 30.5. The van der Waals surface area contributed by atoms with Crippen LogP contribution in [0.25, 0.3) is 0 Å². The molecule has 1 N–H and O–H groups in total. The van der Waals surface area contributed by atoms with Gasteiger partial charge >= 0.3 is 11.0 Å². The molecule has 3 amide bonds. The first-order chi connectivity index (χ1) is 20.6. The largest absolute Gasteiger partial charge is 0.497 e. The number of anilines is 2. The molecule has 0 aliphatic carbocycles. The van der Waals surface area contributed by atoms with Gasteiger partial charge in [-0.3, -0.25) is 28.7 Å². The molecule has 0 saturated carbocycles. The molecule has 220 valence electrons. The van der Waals surface area contributed by atoms with Crippen molar-refractivity contribution in [3.63, 3.8) is 0 Å². The summed E-state index contributed by atoms with van der Waals surface area (Å²) in [5.41, 5.74) is -0.497. The van der Waals surface area contributed by atoms with E-state index in [0.29, 0.717) is 26.9 Å². The number of thiazole rings is 1. The number of ether oxygens (including phenoxy) is 1. The molecule has 1 fully saturated rings. The number of hydrogen-bond acceptors (Lipinski definition) is 8. The number of benzene rings is 2. The van der Waals surface area contributed by atoms with Gasteiger partial charge in [-0.05, 0) is 48.0 Å². The van der Waals surface area contributed by atoms with Crippen LogP contribution in [0.2, 0.25) is 0 Å². The van der Waals surface area contributed by atoms with Gasteiger partial charge in [0.25, 0.3) is 0 Å². The Morgan fingerprint density at radius 1 is 1.02 bits per heavy atom. The zero-order valence-corrected chi connectivity index (χ0v) is 23.8. The highest BCUT2D eigenvalue weighted by Gasteiger charge is 2.57. The van der Waals surface area contributed by atoms with Crippen LogP contribution in [0.15, 0.2) is 82.9 Å². The Labute approximate surface area is 250 Å². The van der Waals surface area contributed by atoms with E-state index in [0.717, 1.165) is 44.7 Å². The molecular formula is C29H21F3N4O5S2. The summed E-state index contributed by atoms with van der Waals surface area (Å²) in [4.78, 5) is 59.1. The number of halogens is 3. The molecule has 14 heteroatoms. The van der Waals surface area contributed by atoms with Crippen LogP contribution in [-0.2, 0) is 27.1 Å². The third-order valence-corrected chi connectivity index (χ3v) is 9.84. The van der Waals surface area contributed by atoms with Crippen molar-refractivity contribution < 1.29 is 32.3 Å². The van der Waals surface area contributed by atoms with Crippen molar-refractivity contribution in [1.82, 2.24) is 9.55 Å². The Balaban J connectivity index is 1.38. The molecule has 0 radical (unpaired) electrons. The number of hydrogen-bond donors (Lipinski definition) is 1. The van der Waals surface area contributed by atoms with Crippen LogP contribution >= 0.6 is 23.1 Å². The number of alkyl halides is 3. The number of nitrogens with one attached hydrogen (secondary N) is 1. The lowest BCUT2D eigenvalue weighted by Gasteiger charge is -2.30. The SMILES string of the molecule is COc1ccc(N2C(=O)C3Sc4c(sc(=O)n4CC(=O)Nc4ccccc4C(F)(F)F)C(c4cccnc4)C3C2=O)cc1. The fourth-order valence-corrected chi connectivity index (χ4v) is 8.11. The van der Waals surface area contributed by atoms with Gasteiger partial charge in [0.05, 0.1) is 35.0 Å². The number of carbonyl (C=O) groups is 3. The third-order valence-electron chi connectivity index (χ3n) is 7.23. The number of para-hydroxylation sites is 1. The van der Waals surface area contributed by atoms with E-state index in [2.05, 4.69) is 10.3 Å². The van der Waals surface area contributed by atoms with Crippen molar-refractivity contribution in [2.75, 3.05) is 17.3 Å². The number of thioether (sulfide) groups is 1. The third kappa shape index (κ3) is 5.10. The number of nitrogens with zero attached hydrogens (tertiary/aromatic N) is 3. The second-order valence-electron chi connectivity index (χ2n) is 9.75. The summed E-state index contributed by atoms with van der Waals surface area (Å²) in [5, 5.41) is 1.64. The summed E-state index contributed by atoms with van der Waals surface area (Å²) in [6.07, 6.45) is -1.58. The first-order valence-electron chi connectivity index (χ1n) is 12.9. The van der Waals surface area contributed by atoms with Gasteiger partial charge in [-0.25, -0.2) is 4.90 Å². The van der Waals surface area contributed by atoms with Gasteiger partial charge in [0.1, 0.15) is 17.5 Å². The number of aromatic nitrogens is 2. The maximum absolute atomic E-state index is 13.9. The maximum Gasteiger partial charge on any atom is 0.418 e. The highest BCUT2D eigenvalue weighted by molar-refractivity contribution is 8.00. The summed E-state index contributed by atoms with van der Waals surface area (Å²) in [6, 6.07) is 14.4. The molecule has 9 nitrogen and oxygen atoms in total. The number of methoxy groups -OCH3 is 1. The van der Waals surface area contributed by atoms with Crippen LogP contribution in [0.4, 0.5) is 24.5 Å². The smallest absolute Gasteiger partial charge is 0.418 e. The van der Waals surface area contributed by atoms with Crippen molar-refractivity contribution in [2.45, 2.75) is 28.9 Å². The van der Waals surface area contributed by atoms with E-state index in [4.69, 9.17) is 4.74 Å². The number of pyridine rings is 1. The van der Waals surface area contributed by atoms with Crippen LogP contribution < -0.4 is 19.8 Å². The van der Waals surface area contributed by atoms with Crippen molar-refractivity contribution >= 4 is 52.2 Å². The lowest BCUT2D eigenvalue weighted by atomic mass is 9.84. The molecule has 6 rings (SSSR count). The second kappa shape index (κ2) is 11.0. The normalized spacial score (nSPS) is 19.6. The van der Waals surface area contributed by atoms with Gasteiger partial charge in [-0.1, -0.05) is 41.3 Å². The highest BCUT2D eigenvalue weighted by Crippen LogP contribution is 2.53. The van der Waals surface area contributed by atoms with Crippen molar-refractivity contribution in [2.24, 2.45) is 5.92 Å². The molecule has 0 bridgehead atoms. The van der Waals surface area contributed by atoms with E-state index in [-0.39, 0.29) is 0 Å². The number of fused-ring (bicyclic) bond motifs is 2. The van der Waals surface area contributed by atoms with Gasteiger partial charge in [-0.2, -0.15) is 13.2 Å². The summed E-state index contributed by atoms with van der Waals surface area (Å²) in [6.45, 7) is -0.592. The van der Waals surface area contributed by atoms with Crippen LogP contribution in [-0.4, -0.2) is 39.6 Å². The van der Waals surface area contributed by atoms with Gasteiger partial charge in [0.2, 0.25) is 17.7 Å². The lowest BCUT2D eigenvalue weighted by molar-refractivity contribution is -0.137. The summed E-state index contributed by atoms with van der Waals surface area (Å²) < 4.78 is 46.7. The number of imide groups is 1.